The molecule has 1 fully saturated rings. The summed E-state index contributed by atoms with van der Waals surface area (Å²) in [4.78, 5) is 12.1. The zero-order valence-electron chi connectivity index (χ0n) is 11.0. The fraction of sp³-hybridized carbons (Fsp3) is 0.692. The van der Waals surface area contributed by atoms with E-state index in [1.54, 1.807) is 0 Å². The van der Waals surface area contributed by atoms with Crippen molar-refractivity contribution in [1.29, 1.82) is 0 Å². The Morgan fingerprint density at radius 1 is 1.50 bits per heavy atom. The molecular formula is C13H22N4O. The van der Waals surface area contributed by atoms with Crippen LogP contribution >= 0.6 is 0 Å². The van der Waals surface area contributed by atoms with E-state index in [1.807, 2.05) is 6.07 Å². The highest BCUT2D eigenvalue weighted by molar-refractivity contribution is 5.94. The van der Waals surface area contributed by atoms with Crippen molar-refractivity contribution in [2.24, 2.45) is 0 Å². The number of nitrogens with one attached hydrogen (secondary N) is 3. The number of aryl methyl sites for hydroxylation is 1. The lowest BCUT2D eigenvalue weighted by atomic mass is 10.1. The summed E-state index contributed by atoms with van der Waals surface area (Å²) in [6.07, 6.45) is 6.43. The maximum absolute atomic E-state index is 12.1. The first-order valence-electron chi connectivity index (χ1n) is 6.88. The molecule has 0 spiro atoms. The summed E-state index contributed by atoms with van der Waals surface area (Å²) in [5.74, 6) is 0.668. The van der Waals surface area contributed by atoms with Gasteiger partial charge >= 0.3 is 0 Å². The van der Waals surface area contributed by atoms with Crippen LogP contribution in [-0.2, 0) is 11.2 Å². The van der Waals surface area contributed by atoms with E-state index in [0.29, 0.717) is 5.82 Å². The van der Waals surface area contributed by atoms with Gasteiger partial charge in [0.1, 0.15) is 0 Å². The van der Waals surface area contributed by atoms with Crippen LogP contribution < -0.4 is 10.6 Å². The number of carbonyl (C=O) groups is 1. The van der Waals surface area contributed by atoms with E-state index in [2.05, 4.69) is 27.8 Å². The molecule has 18 heavy (non-hydrogen) atoms. The minimum atomic E-state index is -0.0705. The van der Waals surface area contributed by atoms with Crippen LogP contribution in [-0.4, -0.2) is 28.7 Å². The van der Waals surface area contributed by atoms with Crippen molar-refractivity contribution >= 4 is 11.7 Å². The Morgan fingerprint density at radius 2 is 2.39 bits per heavy atom. The molecule has 0 bridgehead atoms. The highest BCUT2D eigenvalue weighted by Crippen LogP contribution is 2.12. The van der Waals surface area contributed by atoms with E-state index in [4.69, 9.17) is 0 Å². The van der Waals surface area contributed by atoms with Gasteiger partial charge in [-0.05, 0) is 25.8 Å². The molecule has 2 heterocycles. The molecule has 1 unspecified atom stereocenters. The van der Waals surface area contributed by atoms with Crippen LogP contribution in [0.15, 0.2) is 6.07 Å². The lowest BCUT2D eigenvalue weighted by Crippen LogP contribution is -2.39. The molecule has 3 N–H and O–H groups in total. The van der Waals surface area contributed by atoms with Gasteiger partial charge < -0.3 is 10.6 Å². The number of H-pyrrole nitrogens is 1. The van der Waals surface area contributed by atoms with Crippen molar-refractivity contribution in [2.75, 3.05) is 11.9 Å². The van der Waals surface area contributed by atoms with Crippen LogP contribution in [0.25, 0.3) is 0 Å². The molecule has 0 aliphatic carbocycles. The summed E-state index contributed by atoms with van der Waals surface area (Å²) in [5, 5.41) is 13.2. The molecular weight excluding hydrogens is 228 g/mol. The van der Waals surface area contributed by atoms with Crippen LogP contribution in [0.1, 0.15) is 44.7 Å². The monoisotopic (exact) mass is 250 g/mol. The largest absolute Gasteiger partial charge is 0.308 e. The summed E-state index contributed by atoms with van der Waals surface area (Å²) >= 11 is 0. The van der Waals surface area contributed by atoms with Gasteiger partial charge in [0.2, 0.25) is 5.91 Å². The number of hydrogen-bond donors (Lipinski definition) is 3. The molecule has 1 saturated heterocycles. The third-order valence-corrected chi connectivity index (χ3v) is 3.28. The first-order chi connectivity index (χ1) is 8.79. The fourth-order valence-corrected chi connectivity index (χ4v) is 2.29. The smallest absolute Gasteiger partial charge is 0.242 e. The lowest BCUT2D eigenvalue weighted by molar-refractivity contribution is -0.118. The van der Waals surface area contributed by atoms with Gasteiger partial charge in [-0.1, -0.05) is 26.2 Å². The molecule has 0 saturated carbocycles. The zero-order valence-corrected chi connectivity index (χ0v) is 11.0. The SMILES string of the molecule is CCCc1cc(NC(=O)C2CCCCCN2)n[nH]1. The summed E-state index contributed by atoms with van der Waals surface area (Å²) in [6, 6.07) is 1.84. The molecule has 0 radical (unpaired) electrons. The molecule has 1 aromatic rings. The Hall–Kier alpha value is -1.36. The molecule has 1 aromatic heterocycles. The first-order valence-corrected chi connectivity index (χ1v) is 6.88. The Morgan fingerprint density at radius 3 is 3.22 bits per heavy atom. The Bertz CT molecular complexity index is 380. The van der Waals surface area contributed by atoms with Crippen molar-refractivity contribution in [2.45, 2.75) is 51.5 Å². The summed E-state index contributed by atoms with van der Waals surface area (Å²) in [5.41, 5.74) is 1.07. The Labute approximate surface area is 108 Å². The normalized spacial score (nSPS) is 20.4. The predicted octanol–water partition coefficient (Wildman–Crippen LogP) is 1.83. The number of amides is 1. The standard InChI is InChI=1S/C13H22N4O/c1-2-6-10-9-12(17-16-10)15-13(18)11-7-4-3-5-8-14-11/h9,11,14H,2-8H2,1H3,(H2,15,16,17,18). The first kappa shape index (κ1) is 13.1. The molecule has 1 amide bonds. The van der Waals surface area contributed by atoms with Gasteiger partial charge in [-0.25, -0.2) is 0 Å². The van der Waals surface area contributed by atoms with Crippen LogP contribution in [0.4, 0.5) is 5.82 Å². The molecule has 1 aliphatic rings. The third-order valence-electron chi connectivity index (χ3n) is 3.28. The highest BCUT2D eigenvalue weighted by Gasteiger charge is 2.20. The number of anilines is 1. The van der Waals surface area contributed by atoms with Gasteiger partial charge in [-0.15, -0.1) is 0 Å². The molecule has 100 valence electrons. The van der Waals surface area contributed by atoms with Gasteiger partial charge in [0.05, 0.1) is 6.04 Å². The number of rotatable bonds is 4. The van der Waals surface area contributed by atoms with Crippen LogP contribution in [0.5, 0.6) is 0 Å². The van der Waals surface area contributed by atoms with Crippen molar-refractivity contribution < 1.29 is 4.79 Å². The van der Waals surface area contributed by atoms with Crippen molar-refractivity contribution in [3.8, 4) is 0 Å². The summed E-state index contributed by atoms with van der Waals surface area (Å²) in [6.45, 7) is 3.05. The number of aromatic amines is 1. The quantitative estimate of drug-likeness (QED) is 0.763. The van der Waals surface area contributed by atoms with Crippen LogP contribution in [0.2, 0.25) is 0 Å². The number of carbonyl (C=O) groups excluding carboxylic acids is 1. The van der Waals surface area contributed by atoms with Gasteiger partial charge in [-0.2, -0.15) is 5.10 Å². The van der Waals surface area contributed by atoms with Gasteiger partial charge in [-0.3, -0.25) is 9.89 Å². The lowest BCUT2D eigenvalue weighted by Gasteiger charge is -2.14. The van der Waals surface area contributed by atoms with Crippen LogP contribution in [0, 0.1) is 0 Å². The van der Waals surface area contributed by atoms with E-state index in [-0.39, 0.29) is 11.9 Å². The third kappa shape index (κ3) is 3.57. The second-order valence-corrected chi connectivity index (χ2v) is 4.87. The molecule has 1 atom stereocenters. The van der Waals surface area contributed by atoms with Crippen LogP contribution in [0.3, 0.4) is 0 Å². The second-order valence-electron chi connectivity index (χ2n) is 4.87. The van der Waals surface area contributed by atoms with Crippen molar-refractivity contribution in [1.82, 2.24) is 15.5 Å². The predicted molar refractivity (Wildman–Crippen MR) is 71.5 cm³/mol. The molecule has 5 nitrogen and oxygen atoms in total. The minimum Gasteiger partial charge on any atom is -0.308 e. The molecule has 2 rings (SSSR count). The van der Waals surface area contributed by atoms with Gasteiger partial charge in [0, 0.05) is 11.8 Å². The Kier molecular flexibility index (Phi) is 4.75. The van der Waals surface area contributed by atoms with E-state index in [0.717, 1.165) is 44.3 Å². The summed E-state index contributed by atoms with van der Waals surface area (Å²) in [7, 11) is 0. The summed E-state index contributed by atoms with van der Waals surface area (Å²) < 4.78 is 0. The average Bonchev–Trinajstić information content (AvgIpc) is 2.65. The maximum Gasteiger partial charge on any atom is 0.242 e. The zero-order chi connectivity index (χ0) is 12.8. The van der Waals surface area contributed by atoms with Crippen molar-refractivity contribution in [3.05, 3.63) is 11.8 Å². The number of nitrogens with zero attached hydrogens (tertiary/aromatic N) is 1. The maximum atomic E-state index is 12.1. The van der Waals surface area contributed by atoms with Crippen molar-refractivity contribution in [3.63, 3.8) is 0 Å². The highest BCUT2D eigenvalue weighted by atomic mass is 16.2. The van der Waals surface area contributed by atoms with E-state index >= 15 is 0 Å². The average molecular weight is 250 g/mol. The molecule has 1 aliphatic heterocycles. The second kappa shape index (κ2) is 6.54. The number of hydrogen-bond acceptors (Lipinski definition) is 3. The minimum absolute atomic E-state index is 0.0337. The van der Waals surface area contributed by atoms with E-state index < -0.39 is 0 Å². The van der Waals surface area contributed by atoms with Gasteiger partial charge in [0.25, 0.3) is 0 Å². The van der Waals surface area contributed by atoms with E-state index in [9.17, 15) is 4.79 Å². The van der Waals surface area contributed by atoms with E-state index in [1.165, 1.54) is 6.42 Å². The number of aromatic nitrogens is 2. The topological polar surface area (TPSA) is 69.8 Å². The Balaban J connectivity index is 1.88. The van der Waals surface area contributed by atoms with Gasteiger partial charge in [0.15, 0.2) is 5.82 Å². The molecule has 0 aromatic carbocycles. The molecule has 5 heteroatoms. The fourth-order valence-electron chi connectivity index (χ4n) is 2.29.